The number of hydrogen-bond acceptors (Lipinski definition) is 6. The van der Waals surface area contributed by atoms with Gasteiger partial charge in [-0.05, 0) is 18.4 Å². The molecule has 1 unspecified atom stereocenters. The number of nitrogens with one attached hydrogen (secondary N) is 2. The molecule has 1 fully saturated rings. The molecule has 1 saturated heterocycles. The van der Waals surface area contributed by atoms with Gasteiger partial charge in [0.05, 0.1) is 25.8 Å². The van der Waals surface area contributed by atoms with Crippen molar-refractivity contribution in [2.75, 3.05) is 39.4 Å². The van der Waals surface area contributed by atoms with Crippen molar-refractivity contribution in [2.45, 2.75) is 19.5 Å². The van der Waals surface area contributed by atoms with Crippen LogP contribution in [0.2, 0.25) is 0 Å². The Kier molecular flexibility index (Phi) is 6.84. The van der Waals surface area contributed by atoms with Crippen molar-refractivity contribution in [3.8, 4) is 0 Å². The predicted molar refractivity (Wildman–Crippen MR) is 98.8 cm³/mol. The van der Waals surface area contributed by atoms with Gasteiger partial charge in [0.1, 0.15) is 12.0 Å². The Bertz CT molecular complexity index is 624. The summed E-state index contributed by atoms with van der Waals surface area (Å²) in [6, 6.07) is 6.46. The Hall–Kier alpha value is -1.90. The number of aromatic nitrogens is 1. The summed E-state index contributed by atoms with van der Waals surface area (Å²) in [6.07, 6.45) is 1.57. The van der Waals surface area contributed by atoms with Gasteiger partial charge in [0.15, 0.2) is 5.96 Å². The van der Waals surface area contributed by atoms with Crippen molar-refractivity contribution >= 4 is 17.3 Å². The standard InChI is InChI=1S/C17H25N5O2S/c1-2-18-17(19-12-14-5-8-24-21-14)20-13-15(16-4-3-11-25-16)22-6-9-23-10-7-22/h3-5,8,11,15H,2,6-7,9-10,12-13H2,1H3,(H2,18,19,20). The zero-order valence-corrected chi connectivity index (χ0v) is 15.3. The second kappa shape index (κ2) is 9.55. The third-order valence-electron chi connectivity index (χ3n) is 4.06. The van der Waals surface area contributed by atoms with Crippen LogP contribution in [0.5, 0.6) is 0 Å². The lowest BCUT2D eigenvalue weighted by Gasteiger charge is -2.34. The maximum Gasteiger partial charge on any atom is 0.191 e. The van der Waals surface area contributed by atoms with Crippen LogP contribution in [0.3, 0.4) is 0 Å². The van der Waals surface area contributed by atoms with Gasteiger partial charge < -0.3 is 19.9 Å². The highest BCUT2D eigenvalue weighted by molar-refractivity contribution is 7.10. The lowest BCUT2D eigenvalue weighted by atomic mass is 10.2. The van der Waals surface area contributed by atoms with Crippen LogP contribution in [0.25, 0.3) is 0 Å². The largest absolute Gasteiger partial charge is 0.379 e. The van der Waals surface area contributed by atoms with Gasteiger partial charge in [-0.15, -0.1) is 11.3 Å². The molecule has 0 saturated carbocycles. The summed E-state index contributed by atoms with van der Waals surface area (Å²) in [6.45, 7) is 7.66. The molecule has 2 aromatic heterocycles. The van der Waals surface area contributed by atoms with E-state index in [2.05, 4.69) is 50.1 Å². The van der Waals surface area contributed by atoms with Crippen LogP contribution < -0.4 is 10.6 Å². The van der Waals surface area contributed by atoms with Gasteiger partial charge >= 0.3 is 0 Å². The molecule has 0 radical (unpaired) electrons. The average Bonchev–Trinajstić information content (AvgIpc) is 3.35. The Balaban J connectivity index is 1.64. The maximum atomic E-state index is 5.50. The van der Waals surface area contributed by atoms with E-state index in [1.54, 1.807) is 17.6 Å². The first-order chi connectivity index (χ1) is 12.4. The minimum Gasteiger partial charge on any atom is -0.379 e. The van der Waals surface area contributed by atoms with Crippen molar-refractivity contribution in [1.82, 2.24) is 20.7 Å². The highest BCUT2D eigenvalue weighted by Gasteiger charge is 2.23. The monoisotopic (exact) mass is 363 g/mol. The Morgan fingerprint density at radius 2 is 2.24 bits per heavy atom. The average molecular weight is 363 g/mol. The molecule has 25 heavy (non-hydrogen) atoms. The molecule has 1 aliphatic rings. The molecule has 0 aliphatic carbocycles. The van der Waals surface area contributed by atoms with Crippen molar-refractivity contribution in [2.24, 2.45) is 4.99 Å². The van der Waals surface area contributed by atoms with Crippen molar-refractivity contribution in [3.63, 3.8) is 0 Å². The van der Waals surface area contributed by atoms with E-state index < -0.39 is 0 Å². The highest BCUT2D eigenvalue weighted by Crippen LogP contribution is 2.25. The summed E-state index contributed by atoms with van der Waals surface area (Å²) < 4.78 is 10.4. The molecule has 7 nitrogen and oxygen atoms in total. The molecule has 136 valence electrons. The van der Waals surface area contributed by atoms with Crippen LogP contribution in [-0.4, -0.2) is 55.4 Å². The lowest BCUT2D eigenvalue weighted by Crippen LogP contribution is -2.46. The highest BCUT2D eigenvalue weighted by atomic mass is 32.1. The van der Waals surface area contributed by atoms with E-state index in [4.69, 9.17) is 9.26 Å². The number of nitrogens with zero attached hydrogens (tertiary/aromatic N) is 3. The fraction of sp³-hybridized carbons (Fsp3) is 0.529. The van der Waals surface area contributed by atoms with E-state index in [0.717, 1.165) is 51.0 Å². The van der Waals surface area contributed by atoms with Crippen LogP contribution in [0.1, 0.15) is 23.5 Å². The molecule has 0 amide bonds. The van der Waals surface area contributed by atoms with Crippen molar-refractivity contribution < 1.29 is 9.26 Å². The third-order valence-corrected chi connectivity index (χ3v) is 5.03. The second-order valence-electron chi connectivity index (χ2n) is 5.75. The topological polar surface area (TPSA) is 74.9 Å². The molecule has 8 heteroatoms. The van der Waals surface area contributed by atoms with Gasteiger partial charge in [-0.1, -0.05) is 11.2 Å². The van der Waals surface area contributed by atoms with Gasteiger partial charge in [-0.2, -0.15) is 0 Å². The number of hydrogen-bond donors (Lipinski definition) is 2. The quantitative estimate of drug-likeness (QED) is 0.578. The fourth-order valence-corrected chi connectivity index (χ4v) is 3.65. The van der Waals surface area contributed by atoms with Gasteiger partial charge in [0.2, 0.25) is 0 Å². The van der Waals surface area contributed by atoms with E-state index in [9.17, 15) is 0 Å². The van der Waals surface area contributed by atoms with E-state index in [1.807, 2.05) is 6.07 Å². The van der Waals surface area contributed by atoms with Crippen LogP contribution in [0.4, 0.5) is 0 Å². The number of aliphatic imine (C=N–C) groups is 1. The molecule has 0 bridgehead atoms. The first-order valence-corrected chi connectivity index (χ1v) is 9.51. The smallest absolute Gasteiger partial charge is 0.191 e. The summed E-state index contributed by atoms with van der Waals surface area (Å²) in [5.74, 6) is 0.792. The number of guanidine groups is 1. The lowest BCUT2D eigenvalue weighted by molar-refractivity contribution is 0.0177. The number of morpholine rings is 1. The van der Waals surface area contributed by atoms with E-state index >= 15 is 0 Å². The fourth-order valence-electron chi connectivity index (χ4n) is 2.79. The minimum absolute atomic E-state index is 0.319. The predicted octanol–water partition coefficient (Wildman–Crippen LogP) is 1.86. The molecular weight excluding hydrogens is 338 g/mol. The summed E-state index contributed by atoms with van der Waals surface area (Å²) in [7, 11) is 0. The number of ether oxygens (including phenoxy) is 1. The van der Waals surface area contributed by atoms with Crippen LogP contribution >= 0.6 is 11.3 Å². The minimum atomic E-state index is 0.319. The van der Waals surface area contributed by atoms with E-state index in [-0.39, 0.29) is 0 Å². The van der Waals surface area contributed by atoms with Gasteiger partial charge in [0, 0.05) is 37.1 Å². The number of thiophene rings is 1. The molecule has 3 heterocycles. The summed E-state index contributed by atoms with van der Waals surface area (Å²) in [5, 5.41) is 12.8. The molecule has 1 aliphatic heterocycles. The van der Waals surface area contributed by atoms with E-state index in [0.29, 0.717) is 12.6 Å². The van der Waals surface area contributed by atoms with Crippen LogP contribution in [-0.2, 0) is 11.3 Å². The second-order valence-corrected chi connectivity index (χ2v) is 6.73. The van der Waals surface area contributed by atoms with Gasteiger partial charge in [0.25, 0.3) is 0 Å². The number of rotatable bonds is 7. The zero-order valence-electron chi connectivity index (χ0n) is 14.5. The van der Waals surface area contributed by atoms with Gasteiger partial charge in [-0.25, -0.2) is 4.99 Å². The van der Waals surface area contributed by atoms with Crippen LogP contribution in [0.15, 0.2) is 39.4 Å². The zero-order chi connectivity index (χ0) is 17.3. The van der Waals surface area contributed by atoms with E-state index in [1.165, 1.54) is 4.88 Å². The maximum absolute atomic E-state index is 5.50. The summed E-state index contributed by atoms with van der Waals surface area (Å²) >= 11 is 1.80. The normalized spacial score (nSPS) is 17.4. The molecule has 3 rings (SSSR count). The SMILES string of the molecule is CCNC(=NCc1ccon1)NCC(c1cccs1)N1CCOCC1. The molecule has 2 aromatic rings. The third kappa shape index (κ3) is 5.29. The molecule has 2 N–H and O–H groups in total. The molecule has 0 spiro atoms. The molecule has 1 atom stereocenters. The molecular formula is C17H25N5O2S. The Morgan fingerprint density at radius 1 is 1.36 bits per heavy atom. The van der Waals surface area contributed by atoms with Crippen molar-refractivity contribution in [1.29, 1.82) is 0 Å². The summed E-state index contributed by atoms with van der Waals surface area (Å²) in [5.41, 5.74) is 0.820. The Labute approximate surface area is 152 Å². The molecule has 0 aromatic carbocycles. The Morgan fingerprint density at radius 3 is 2.92 bits per heavy atom. The first kappa shape index (κ1) is 17.9. The van der Waals surface area contributed by atoms with Crippen LogP contribution in [0, 0.1) is 0 Å². The summed E-state index contributed by atoms with van der Waals surface area (Å²) in [4.78, 5) is 8.42. The van der Waals surface area contributed by atoms with Gasteiger partial charge in [-0.3, -0.25) is 4.90 Å². The first-order valence-electron chi connectivity index (χ1n) is 8.63. The van der Waals surface area contributed by atoms with Crippen molar-refractivity contribution in [3.05, 3.63) is 40.4 Å².